The van der Waals surface area contributed by atoms with Crippen LogP contribution in [0.5, 0.6) is 5.75 Å². The van der Waals surface area contributed by atoms with E-state index in [1.807, 2.05) is 6.07 Å². The second-order valence-corrected chi connectivity index (χ2v) is 5.51. The molecule has 0 aliphatic heterocycles. The molecule has 0 N–H and O–H groups in total. The summed E-state index contributed by atoms with van der Waals surface area (Å²) < 4.78 is 10.7. The largest absolute Gasteiger partial charge is 0.482 e. The number of hydrogen-bond acceptors (Lipinski definition) is 4. The number of rotatable bonds is 7. The zero-order valence-corrected chi connectivity index (χ0v) is 13.7. The Labute approximate surface area is 144 Å². The van der Waals surface area contributed by atoms with Crippen LogP contribution in [0.2, 0.25) is 10.0 Å². The van der Waals surface area contributed by atoms with E-state index in [0.29, 0.717) is 28.1 Å². The molecule has 0 spiro atoms. The number of carbonyl (C=O) groups is 1. The topological polar surface area (TPSA) is 66.5 Å². The van der Waals surface area contributed by atoms with Crippen molar-refractivity contribution in [1.29, 1.82) is 5.26 Å². The summed E-state index contributed by atoms with van der Waals surface area (Å²) in [5.74, 6) is 0.756. The van der Waals surface area contributed by atoms with Gasteiger partial charge < -0.3 is 14.1 Å². The van der Waals surface area contributed by atoms with Crippen LogP contribution in [0, 0.1) is 11.3 Å². The highest BCUT2D eigenvalue weighted by Crippen LogP contribution is 2.27. The lowest BCUT2D eigenvalue weighted by atomic mass is 10.3. The van der Waals surface area contributed by atoms with Crippen molar-refractivity contribution < 1.29 is 13.9 Å². The SMILES string of the molecule is N#CCCN(Cc1ccco1)C(=O)COc1ccc(Cl)cc1Cl. The van der Waals surface area contributed by atoms with E-state index in [1.54, 1.807) is 30.3 Å². The first-order valence-electron chi connectivity index (χ1n) is 6.85. The molecule has 0 saturated heterocycles. The van der Waals surface area contributed by atoms with Gasteiger partial charge in [-0.3, -0.25) is 4.79 Å². The van der Waals surface area contributed by atoms with E-state index in [2.05, 4.69) is 0 Å². The highest BCUT2D eigenvalue weighted by Gasteiger charge is 2.16. The number of hydrogen-bond donors (Lipinski definition) is 0. The summed E-state index contributed by atoms with van der Waals surface area (Å²) in [6, 6.07) is 10.3. The van der Waals surface area contributed by atoms with Gasteiger partial charge in [0.05, 0.1) is 30.3 Å². The van der Waals surface area contributed by atoms with Gasteiger partial charge in [0.1, 0.15) is 11.5 Å². The van der Waals surface area contributed by atoms with Crippen LogP contribution < -0.4 is 4.74 Å². The molecule has 7 heteroatoms. The molecular formula is C16H14Cl2N2O3. The molecule has 0 aliphatic rings. The number of ether oxygens (including phenoxy) is 1. The molecule has 0 radical (unpaired) electrons. The van der Waals surface area contributed by atoms with Crippen molar-refractivity contribution in [2.45, 2.75) is 13.0 Å². The number of benzene rings is 1. The first-order chi connectivity index (χ1) is 11.1. The average molecular weight is 353 g/mol. The Morgan fingerprint density at radius 2 is 2.17 bits per heavy atom. The molecule has 0 aliphatic carbocycles. The molecule has 120 valence electrons. The van der Waals surface area contributed by atoms with Gasteiger partial charge in [0.2, 0.25) is 0 Å². The summed E-state index contributed by atoms with van der Waals surface area (Å²) in [7, 11) is 0. The van der Waals surface area contributed by atoms with Gasteiger partial charge in [-0.05, 0) is 30.3 Å². The molecule has 1 amide bonds. The van der Waals surface area contributed by atoms with Crippen molar-refractivity contribution in [3.05, 3.63) is 52.4 Å². The smallest absolute Gasteiger partial charge is 0.260 e. The number of amides is 1. The molecule has 0 bridgehead atoms. The second kappa shape index (κ2) is 8.47. The van der Waals surface area contributed by atoms with E-state index < -0.39 is 0 Å². The van der Waals surface area contributed by atoms with Gasteiger partial charge in [-0.25, -0.2) is 0 Å². The van der Waals surface area contributed by atoms with E-state index in [4.69, 9.17) is 37.6 Å². The fraction of sp³-hybridized carbons (Fsp3) is 0.250. The summed E-state index contributed by atoms with van der Waals surface area (Å²) in [5, 5.41) is 9.54. The van der Waals surface area contributed by atoms with Gasteiger partial charge in [-0.1, -0.05) is 23.2 Å². The van der Waals surface area contributed by atoms with E-state index in [1.165, 1.54) is 11.2 Å². The Kier molecular flexibility index (Phi) is 6.33. The van der Waals surface area contributed by atoms with Crippen molar-refractivity contribution >= 4 is 29.1 Å². The molecule has 5 nitrogen and oxygen atoms in total. The maximum atomic E-state index is 12.3. The monoisotopic (exact) mass is 352 g/mol. The predicted octanol–water partition coefficient (Wildman–Crippen LogP) is 3.91. The fourth-order valence-electron chi connectivity index (χ4n) is 1.89. The highest BCUT2D eigenvalue weighted by atomic mass is 35.5. The summed E-state index contributed by atoms with van der Waals surface area (Å²) in [6.07, 6.45) is 1.76. The van der Waals surface area contributed by atoms with Crippen LogP contribution in [-0.4, -0.2) is 24.0 Å². The van der Waals surface area contributed by atoms with E-state index in [-0.39, 0.29) is 25.5 Å². The van der Waals surface area contributed by atoms with Crippen LogP contribution in [0.1, 0.15) is 12.2 Å². The van der Waals surface area contributed by atoms with Gasteiger partial charge in [-0.2, -0.15) is 5.26 Å². The average Bonchev–Trinajstić information content (AvgIpc) is 3.03. The van der Waals surface area contributed by atoms with Gasteiger partial charge in [0.15, 0.2) is 6.61 Å². The normalized spacial score (nSPS) is 10.1. The first kappa shape index (κ1) is 17.2. The van der Waals surface area contributed by atoms with Crippen LogP contribution in [0.15, 0.2) is 41.0 Å². The Balaban J connectivity index is 1.97. The Hall–Kier alpha value is -2.16. The molecule has 1 aromatic carbocycles. The molecule has 0 saturated carbocycles. The molecule has 1 aromatic heterocycles. The lowest BCUT2D eigenvalue weighted by molar-refractivity contribution is -0.134. The fourth-order valence-corrected chi connectivity index (χ4v) is 2.35. The Morgan fingerprint density at radius 1 is 1.35 bits per heavy atom. The summed E-state index contributed by atoms with van der Waals surface area (Å²) in [5.41, 5.74) is 0. The number of nitriles is 1. The molecule has 2 aromatic rings. The van der Waals surface area contributed by atoms with Gasteiger partial charge in [0, 0.05) is 11.6 Å². The minimum atomic E-state index is -0.261. The van der Waals surface area contributed by atoms with E-state index in [0.717, 1.165) is 0 Å². The van der Waals surface area contributed by atoms with Crippen LogP contribution in [0.25, 0.3) is 0 Å². The van der Waals surface area contributed by atoms with Crippen molar-refractivity contribution in [1.82, 2.24) is 4.90 Å². The minimum Gasteiger partial charge on any atom is -0.482 e. The highest BCUT2D eigenvalue weighted by molar-refractivity contribution is 6.35. The quantitative estimate of drug-likeness (QED) is 0.757. The van der Waals surface area contributed by atoms with Gasteiger partial charge in [0.25, 0.3) is 5.91 Å². The molecule has 2 rings (SSSR count). The van der Waals surface area contributed by atoms with Gasteiger partial charge in [-0.15, -0.1) is 0 Å². The maximum Gasteiger partial charge on any atom is 0.260 e. The molecule has 23 heavy (non-hydrogen) atoms. The van der Waals surface area contributed by atoms with Crippen molar-refractivity contribution in [3.63, 3.8) is 0 Å². The van der Waals surface area contributed by atoms with Crippen molar-refractivity contribution in [2.75, 3.05) is 13.2 Å². The van der Waals surface area contributed by atoms with E-state index >= 15 is 0 Å². The van der Waals surface area contributed by atoms with Gasteiger partial charge >= 0.3 is 0 Å². The molecule has 0 unspecified atom stereocenters. The zero-order valence-electron chi connectivity index (χ0n) is 12.2. The molecule has 0 atom stereocenters. The summed E-state index contributed by atoms with van der Waals surface area (Å²) >= 11 is 11.8. The lowest BCUT2D eigenvalue weighted by Gasteiger charge is -2.20. The number of carbonyl (C=O) groups excluding carboxylic acids is 1. The number of halogens is 2. The third kappa shape index (κ3) is 5.20. The zero-order chi connectivity index (χ0) is 16.7. The number of nitrogens with zero attached hydrogens (tertiary/aromatic N) is 2. The third-order valence-corrected chi connectivity index (χ3v) is 3.55. The lowest BCUT2D eigenvalue weighted by Crippen LogP contribution is -2.35. The van der Waals surface area contributed by atoms with Crippen LogP contribution in [0.4, 0.5) is 0 Å². The van der Waals surface area contributed by atoms with Crippen LogP contribution >= 0.6 is 23.2 Å². The number of furan rings is 1. The Morgan fingerprint density at radius 3 is 2.83 bits per heavy atom. The predicted molar refractivity (Wildman–Crippen MR) is 86.3 cm³/mol. The van der Waals surface area contributed by atoms with Crippen LogP contribution in [0.3, 0.4) is 0 Å². The second-order valence-electron chi connectivity index (χ2n) is 4.67. The standard InChI is InChI=1S/C16H14Cl2N2O3/c17-12-4-5-15(14(18)9-12)23-11-16(21)20(7-2-6-19)10-13-3-1-8-22-13/h1,3-5,8-9H,2,7,10-11H2. The molecular weight excluding hydrogens is 339 g/mol. The minimum absolute atomic E-state index is 0.187. The van der Waals surface area contributed by atoms with Crippen LogP contribution in [-0.2, 0) is 11.3 Å². The Bertz CT molecular complexity index is 696. The first-order valence-corrected chi connectivity index (χ1v) is 7.60. The summed E-state index contributed by atoms with van der Waals surface area (Å²) in [6.45, 7) is 0.395. The third-order valence-electron chi connectivity index (χ3n) is 3.02. The van der Waals surface area contributed by atoms with E-state index in [9.17, 15) is 4.79 Å². The summed E-state index contributed by atoms with van der Waals surface area (Å²) in [4.78, 5) is 13.8. The molecule has 1 heterocycles. The molecule has 0 fully saturated rings. The van der Waals surface area contributed by atoms with Crippen molar-refractivity contribution in [2.24, 2.45) is 0 Å². The van der Waals surface area contributed by atoms with Crippen molar-refractivity contribution in [3.8, 4) is 11.8 Å². The maximum absolute atomic E-state index is 12.3.